The molecule has 1 N–H and O–H groups in total. The van der Waals surface area contributed by atoms with Gasteiger partial charge in [0.1, 0.15) is 6.04 Å². The molecule has 37 heavy (non-hydrogen) atoms. The number of likely N-dealkylation sites (tertiary alicyclic amines) is 1. The fourth-order valence-electron chi connectivity index (χ4n) is 5.39. The van der Waals surface area contributed by atoms with Crippen molar-refractivity contribution in [2.45, 2.75) is 44.9 Å². The Labute approximate surface area is 223 Å². The number of rotatable bonds is 7. The number of nitrogens with one attached hydrogen (secondary N) is 1. The van der Waals surface area contributed by atoms with E-state index in [9.17, 15) is 9.59 Å². The van der Waals surface area contributed by atoms with Crippen molar-refractivity contribution < 1.29 is 9.59 Å². The molecule has 2 amide bonds. The second-order valence-corrected chi connectivity index (χ2v) is 11.0. The molecule has 2 aliphatic rings. The zero-order chi connectivity index (χ0) is 25.6. The lowest BCUT2D eigenvalue weighted by atomic mass is 10.1. The molecule has 2 aliphatic heterocycles. The van der Waals surface area contributed by atoms with E-state index in [1.165, 1.54) is 16.0 Å². The van der Waals surface area contributed by atoms with Crippen molar-refractivity contribution in [3.8, 4) is 0 Å². The van der Waals surface area contributed by atoms with Crippen LogP contribution in [0.25, 0.3) is 0 Å². The van der Waals surface area contributed by atoms with Gasteiger partial charge in [-0.25, -0.2) is 0 Å². The first kappa shape index (κ1) is 25.6. The minimum absolute atomic E-state index is 0.0652. The SMILES string of the molecule is Cc1ccccc1CN(Cc1cccs1)C1CC(C(=O)N2CCCNCC2)N(C(=O)c2cccnc2)C1. The van der Waals surface area contributed by atoms with Gasteiger partial charge in [0, 0.05) is 62.6 Å². The summed E-state index contributed by atoms with van der Waals surface area (Å²) in [5.41, 5.74) is 3.06. The highest BCUT2D eigenvalue weighted by Crippen LogP contribution is 2.29. The number of carbonyl (C=O) groups excluding carboxylic acids is 2. The predicted molar refractivity (Wildman–Crippen MR) is 146 cm³/mol. The van der Waals surface area contributed by atoms with Crippen LogP contribution < -0.4 is 5.32 Å². The van der Waals surface area contributed by atoms with E-state index in [2.05, 4.69) is 63.9 Å². The fraction of sp³-hybridized carbons (Fsp3) is 0.414. The van der Waals surface area contributed by atoms with E-state index in [0.717, 1.165) is 39.1 Å². The second-order valence-electron chi connectivity index (χ2n) is 9.94. The molecule has 2 unspecified atom stereocenters. The average Bonchev–Trinajstić information content (AvgIpc) is 3.52. The van der Waals surface area contributed by atoms with Crippen molar-refractivity contribution in [3.05, 3.63) is 87.9 Å². The molecule has 5 rings (SSSR count). The van der Waals surface area contributed by atoms with Crippen LogP contribution in [0.15, 0.2) is 66.3 Å². The highest BCUT2D eigenvalue weighted by Gasteiger charge is 2.43. The molecule has 2 aromatic heterocycles. The van der Waals surface area contributed by atoms with Gasteiger partial charge in [0.25, 0.3) is 5.91 Å². The van der Waals surface area contributed by atoms with Gasteiger partial charge >= 0.3 is 0 Å². The van der Waals surface area contributed by atoms with Gasteiger partial charge in [-0.1, -0.05) is 30.3 Å². The van der Waals surface area contributed by atoms with E-state index < -0.39 is 6.04 Å². The topological polar surface area (TPSA) is 68.8 Å². The molecular formula is C29H35N5O2S. The number of carbonyl (C=O) groups is 2. The Kier molecular flexibility index (Phi) is 8.28. The van der Waals surface area contributed by atoms with Crippen LogP contribution in [0, 0.1) is 6.92 Å². The molecule has 2 saturated heterocycles. The Balaban J connectivity index is 1.44. The molecule has 0 aliphatic carbocycles. The zero-order valence-electron chi connectivity index (χ0n) is 21.4. The summed E-state index contributed by atoms with van der Waals surface area (Å²) in [5, 5.41) is 5.48. The van der Waals surface area contributed by atoms with E-state index >= 15 is 0 Å². The lowest BCUT2D eigenvalue weighted by Crippen LogP contribution is -2.48. The molecule has 1 aromatic carbocycles. The molecule has 0 spiro atoms. The number of pyridine rings is 1. The lowest BCUT2D eigenvalue weighted by molar-refractivity contribution is -0.135. The monoisotopic (exact) mass is 517 g/mol. The Bertz CT molecular complexity index is 1180. The van der Waals surface area contributed by atoms with Gasteiger partial charge < -0.3 is 15.1 Å². The van der Waals surface area contributed by atoms with Crippen LogP contribution in [0.5, 0.6) is 0 Å². The number of amides is 2. The van der Waals surface area contributed by atoms with Crippen molar-refractivity contribution >= 4 is 23.2 Å². The largest absolute Gasteiger partial charge is 0.340 e. The Morgan fingerprint density at radius 1 is 1.08 bits per heavy atom. The fourth-order valence-corrected chi connectivity index (χ4v) is 6.12. The number of hydrogen-bond acceptors (Lipinski definition) is 6. The number of nitrogens with zero attached hydrogens (tertiary/aromatic N) is 4. The first-order chi connectivity index (χ1) is 18.1. The number of benzene rings is 1. The summed E-state index contributed by atoms with van der Waals surface area (Å²) in [7, 11) is 0. The molecule has 0 bridgehead atoms. The van der Waals surface area contributed by atoms with E-state index in [4.69, 9.17) is 0 Å². The quantitative estimate of drug-likeness (QED) is 0.519. The van der Waals surface area contributed by atoms with Crippen molar-refractivity contribution in [1.82, 2.24) is 25.0 Å². The Morgan fingerprint density at radius 3 is 2.76 bits per heavy atom. The first-order valence-electron chi connectivity index (χ1n) is 13.1. The van der Waals surface area contributed by atoms with Crippen LogP contribution in [-0.4, -0.2) is 76.3 Å². The van der Waals surface area contributed by atoms with Gasteiger partial charge in [0.2, 0.25) is 5.91 Å². The van der Waals surface area contributed by atoms with Crippen molar-refractivity contribution in [2.24, 2.45) is 0 Å². The molecule has 2 fully saturated rings. The molecule has 7 nitrogen and oxygen atoms in total. The summed E-state index contributed by atoms with van der Waals surface area (Å²) >= 11 is 1.75. The van der Waals surface area contributed by atoms with Gasteiger partial charge in [-0.2, -0.15) is 0 Å². The highest BCUT2D eigenvalue weighted by atomic mass is 32.1. The van der Waals surface area contributed by atoms with E-state index in [1.807, 2.05) is 9.80 Å². The molecule has 3 aromatic rings. The van der Waals surface area contributed by atoms with E-state index in [1.54, 1.807) is 35.9 Å². The third-order valence-corrected chi connectivity index (χ3v) is 8.34. The molecule has 2 atom stereocenters. The Morgan fingerprint density at radius 2 is 1.97 bits per heavy atom. The first-order valence-corrected chi connectivity index (χ1v) is 14.0. The third kappa shape index (κ3) is 6.09. The summed E-state index contributed by atoms with van der Waals surface area (Å²) in [6.45, 7) is 7.34. The summed E-state index contributed by atoms with van der Waals surface area (Å²) in [6.07, 6.45) is 4.83. The third-order valence-electron chi connectivity index (χ3n) is 7.48. The highest BCUT2D eigenvalue weighted by molar-refractivity contribution is 7.09. The normalized spacial score (nSPS) is 20.3. The number of aromatic nitrogens is 1. The maximum absolute atomic E-state index is 13.9. The van der Waals surface area contributed by atoms with Crippen LogP contribution in [0.1, 0.15) is 39.2 Å². The molecular weight excluding hydrogens is 482 g/mol. The molecule has 4 heterocycles. The van der Waals surface area contributed by atoms with E-state index in [0.29, 0.717) is 25.1 Å². The average molecular weight is 518 g/mol. The molecule has 0 saturated carbocycles. The van der Waals surface area contributed by atoms with Crippen LogP contribution in [0.3, 0.4) is 0 Å². The minimum Gasteiger partial charge on any atom is -0.340 e. The van der Waals surface area contributed by atoms with Gasteiger partial charge in [-0.3, -0.25) is 19.5 Å². The lowest BCUT2D eigenvalue weighted by Gasteiger charge is -2.29. The van der Waals surface area contributed by atoms with Crippen molar-refractivity contribution in [2.75, 3.05) is 32.7 Å². The van der Waals surface area contributed by atoms with Crippen molar-refractivity contribution in [1.29, 1.82) is 0 Å². The van der Waals surface area contributed by atoms with Crippen molar-refractivity contribution in [3.63, 3.8) is 0 Å². The van der Waals surface area contributed by atoms with Crippen LogP contribution in [0.2, 0.25) is 0 Å². The number of thiophene rings is 1. The predicted octanol–water partition coefficient (Wildman–Crippen LogP) is 3.56. The zero-order valence-corrected chi connectivity index (χ0v) is 22.2. The second kappa shape index (κ2) is 12.0. The maximum Gasteiger partial charge on any atom is 0.256 e. The smallest absolute Gasteiger partial charge is 0.256 e. The van der Waals surface area contributed by atoms with Crippen LogP contribution in [0.4, 0.5) is 0 Å². The van der Waals surface area contributed by atoms with E-state index in [-0.39, 0.29) is 17.9 Å². The van der Waals surface area contributed by atoms with Crippen LogP contribution in [-0.2, 0) is 17.9 Å². The molecule has 0 radical (unpaired) electrons. The van der Waals surface area contributed by atoms with Gasteiger partial charge in [-0.15, -0.1) is 11.3 Å². The number of hydrogen-bond donors (Lipinski definition) is 1. The molecule has 194 valence electrons. The standard InChI is InChI=1S/C29H35N5O2S/c1-22-7-2-3-8-24(22)19-33(21-26-10-5-16-37-26)25-17-27(29(36)32-14-6-12-30-13-15-32)34(20-25)28(35)23-9-4-11-31-18-23/h2-5,7-11,16,18,25,27,30H,6,12-15,17,19-21H2,1H3. The number of aryl methyl sites for hydroxylation is 1. The summed E-state index contributed by atoms with van der Waals surface area (Å²) in [4.78, 5) is 39.2. The summed E-state index contributed by atoms with van der Waals surface area (Å²) in [5.74, 6) is -0.0516. The Hall–Kier alpha value is -3.07. The van der Waals surface area contributed by atoms with Crippen LogP contribution >= 0.6 is 11.3 Å². The van der Waals surface area contributed by atoms with Gasteiger partial charge in [0.05, 0.1) is 5.56 Å². The van der Waals surface area contributed by atoms with Gasteiger partial charge in [-0.05, 0) is 61.0 Å². The van der Waals surface area contributed by atoms with Gasteiger partial charge in [0.15, 0.2) is 0 Å². The summed E-state index contributed by atoms with van der Waals surface area (Å²) < 4.78 is 0. The molecule has 8 heteroatoms. The minimum atomic E-state index is -0.474. The maximum atomic E-state index is 13.9. The summed E-state index contributed by atoms with van der Waals surface area (Å²) in [6, 6.07) is 15.9.